The molecular weight excluding hydrogens is 1250 g/mol. The third-order valence-corrected chi connectivity index (χ3v) is 18.7. The molecule has 9 nitrogen and oxygen atoms in total. The van der Waals surface area contributed by atoms with Gasteiger partial charge in [-0.15, -0.1) is 0 Å². The van der Waals surface area contributed by atoms with Gasteiger partial charge in [-0.05, 0) is 103 Å². The summed E-state index contributed by atoms with van der Waals surface area (Å²) in [5.74, 6) is -1.98. The number of esters is 2. The van der Waals surface area contributed by atoms with Crippen LogP contribution in [0.25, 0.3) is 0 Å². The van der Waals surface area contributed by atoms with E-state index in [2.05, 4.69) is 135 Å². The van der Waals surface area contributed by atoms with Crippen molar-refractivity contribution < 1.29 is 42.9 Å². The highest BCUT2D eigenvalue weighted by atomic mass is 16.7. The van der Waals surface area contributed by atoms with Crippen LogP contribution in [0, 0.1) is 0 Å². The molecule has 0 aliphatic rings. The van der Waals surface area contributed by atoms with E-state index in [1.54, 1.807) is 0 Å². The third kappa shape index (κ3) is 82.8. The maximum absolute atomic E-state index is 13.0. The van der Waals surface area contributed by atoms with Gasteiger partial charge >= 0.3 is 17.9 Å². The molecule has 0 aromatic carbocycles. The number of unbranched alkanes of at least 4 members (excludes halogenated alkanes) is 44. The number of carboxylic acids is 1. The molecule has 0 spiro atoms. The van der Waals surface area contributed by atoms with E-state index in [9.17, 15) is 19.5 Å². The second-order valence-electron chi connectivity index (χ2n) is 29.7. The van der Waals surface area contributed by atoms with Gasteiger partial charge in [0, 0.05) is 12.8 Å². The topological polar surface area (TPSA) is 108 Å². The molecule has 0 radical (unpaired) electrons. The lowest BCUT2D eigenvalue weighted by Crippen LogP contribution is -2.40. The Hall–Kier alpha value is -4.31. The lowest BCUT2D eigenvalue weighted by atomic mass is 10.0. The summed E-state index contributed by atoms with van der Waals surface area (Å²) >= 11 is 0. The zero-order chi connectivity index (χ0) is 73.2. The number of allylic oxidation sites excluding steroid dienone is 20. The van der Waals surface area contributed by atoms with Gasteiger partial charge in [-0.3, -0.25) is 9.59 Å². The second kappa shape index (κ2) is 81.4. The molecule has 2 unspecified atom stereocenters. The Morgan fingerprint density at radius 1 is 0.297 bits per heavy atom. The predicted octanol–water partition coefficient (Wildman–Crippen LogP) is 27.8. The summed E-state index contributed by atoms with van der Waals surface area (Å²) in [5.41, 5.74) is 0. The minimum absolute atomic E-state index is 0.180. The summed E-state index contributed by atoms with van der Waals surface area (Å²) in [7, 11) is 6.00. The van der Waals surface area contributed by atoms with Crippen LogP contribution in [0.4, 0.5) is 0 Å². The van der Waals surface area contributed by atoms with Crippen LogP contribution < -0.4 is 0 Å². The number of rotatable bonds is 79. The zero-order valence-corrected chi connectivity index (χ0v) is 66.8. The van der Waals surface area contributed by atoms with E-state index in [4.69, 9.17) is 18.9 Å². The van der Waals surface area contributed by atoms with Crippen molar-refractivity contribution in [2.24, 2.45) is 0 Å². The maximum Gasteiger partial charge on any atom is 0.361 e. The summed E-state index contributed by atoms with van der Waals surface area (Å²) < 4.78 is 23.1. The quantitative estimate of drug-likeness (QED) is 0.0211. The highest BCUT2D eigenvalue weighted by Crippen LogP contribution is 2.20. The largest absolute Gasteiger partial charge is 0.477 e. The van der Waals surface area contributed by atoms with Gasteiger partial charge in [0.2, 0.25) is 0 Å². The Labute approximate surface area is 625 Å². The van der Waals surface area contributed by atoms with E-state index in [-0.39, 0.29) is 38.2 Å². The van der Waals surface area contributed by atoms with Crippen molar-refractivity contribution in [2.75, 3.05) is 47.5 Å². The lowest BCUT2D eigenvalue weighted by molar-refractivity contribution is -0.870. The highest BCUT2D eigenvalue weighted by Gasteiger charge is 2.25. The number of aliphatic carboxylic acids is 1. The van der Waals surface area contributed by atoms with Crippen LogP contribution in [-0.2, 0) is 33.3 Å². The Kier molecular flexibility index (Phi) is 77.9. The Morgan fingerprint density at radius 2 is 0.535 bits per heavy atom. The molecule has 0 bridgehead atoms. The maximum atomic E-state index is 13.0. The van der Waals surface area contributed by atoms with Gasteiger partial charge in [0.05, 0.1) is 34.4 Å². The standard InChI is InChI=1S/C92H161NO8/c1-6-8-10-12-14-16-18-20-22-24-26-28-30-32-34-36-38-40-42-44-45-47-49-51-53-55-57-59-61-63-65-67-69-71-73-75-77-79-81-83-90(95)101-88(87-100-92(91(96)97)98-85-84-93(3,4)5)86-99-89(94)82-80-78-76-74-72-70-68-66-64-62-60-58-56-54-52-50-48-46-43-41-39-37-35-33-31-29-27-25-23-21-19-17-15-13-11-9-7-2/h8-11,14-17,20-23,26-29,32,34,38,40,88,92H,6-7,12-13,18-19,24-25,30-31,33,35-37,39,41-87H2,1-5H3/p+1/b10-8-,11-9-,16-14-,17-15-,22-20-,23-21-,28-26-,29-27-,34-32-,40-38-. The summed E-state index contributed by atoms with van der Waals surface area (Å²) in [6.45, 7) is 4.70. The number of quaternary nitrogens is 1. The first kappa shape index (κ1) is 96.7. The average molecular weight is 1410 g/mol. The molecule has 9 heteroatoms. The molecule has 0 rings (SSSR count). The number of carboxylic acid groups (broad SMARTS) is 1. The Balaban J connectivity index is 3.96. The van der Waals surface area contributed by atoms with Crippen molar-refractivity contribution in [2.45, 2.75) is 399 Å². The molecule has 0 saturated carbocycles. The summed E-state index contributed by atoms with van der Waals surface area (Å²) in [6, 6.07) is 0. The van der Waals surface area contributed by atoms with E-state index < -0.39 is 18.4 Å². The van der Waals surface area contributed by atoms with Gasteiger partial charge in [-0.2, -0.15) is 0 Å². The van der Waals surface area contributed by atoms with Gasteiger partial charge in [0.25, 0.3) is 6.29 Å². The van der Waals surface area contributed by atoms with E-state index in [0.717, 1.165) is 103 Å². The number of hydrogen-bond donors (Lipinski definition) is 1. The van der Waals surface area contributed by atoms with Crippen molar-refractivity contribution in [1.82, 2.24) is 0 Å². The molecule has 582 valence electrons. The van der Waals surface area contributed by atoms with Crippen molar-refractivity contribution in [3.05, 3.63) is 122 Å². The van der Waals surface area contributed by atoms with Crippen LogP contribution in [0.5, 0.6) is 0 Å². The van der Waals surface area contributed by atoms with Gasteiger partial charge in [0.1, 0.15) is 13.2 Å². The van der Waals surface area contributed by atoms with Gasteiger partial charge in [0.15, 0.2) is 6.10 Å². The van der Waals surface area contributed by atoms with Crippen LogP contribution >= 0.6 is 0 Å². The Morgan fingerprint density at radius 3 is 0.792 bits per heavy atom. The average Bonchev–Trinajstić information content (AvgIpc) is 1.21. The van der Waals surface area contributed by atoms with Crippen LogP contribution in [0.1, 0.15) is 386 Å². The SMILES string of the molecule is CC/C=C\C/C=C\C/C=C\C/C=C\C/C=C\C/C=C\CCCCCCCCCCCCCCCCCCCCCCC(=O)OC(COC(=O)CCCCCCCCCCCCCCCCCCCCCCCCCC/C=C\C/C=C\C/C=C\C/C=C\CC)COC(OCC[N+](C)(C)C)C(=O)O. The molecule has 0 aliphatic carbocycles. The minimum Gasteiger partial charge on any atom is -0.477 e. The highest BCUT2D eigenvalue weighted by molar-refractivity contribution is 5.71. The van der Waals surface area contributed by atoms with E-state index in [0.29, 0.717) is 17.4 Å². The first-order chi connectivity index (χ1) is 49.6. The smallest absolute Gasteiger partial charge is 0.361 e. The Bertz CT molecular complexity index is 2090. The molecule has 0 fully saturated rings. The van der Waals surface area contributed by atoms with Gasteiger partial charge < -0.3 is 28.5 Å². The van der Waals surface area contributed by atoms with Crippen molar-refractivity contribution in [1.29, 1.82) is 0 Å². The van der Waals surface area contributed by atoms with Crippen LogP contribution in [0.3, 0.4) is 0 Å². The third-order valence-electron chi connectivity index (χ3n) is 18.7. The van der Waals surface area contributed by atoms with Crippen molar-refractivity contribution in [3.8, 4) is 0 Å². The number of carbonyl (C=O) groups is 3. The fourth-order valence-electron chi connectivity index (χ4n) is 12.3. The second-order valence-corrected chi connectivity index (χ2v) is 29.7. The molecule has 0 aromatic heterocycles. The van der Waals surface area contributed by atoms with E-state index in [1.807, 2.05) is 21.1 Å². The molecule has 101 heavy (non-hydrogen) atoms. The van der Waals surface area contributed by atoms with Crippen molar-refractivity contribution in [3.63, 3.8) is 0 Å². The number of carbonyl (C=O) groups excluding carboxylic acids is 2. The van der Waals surface area contributed by atoms with Crippen LogP contribution in [0.2, 0.25) is 0 Å². The van der Waals surface area contributed by atoms with Crippen LogP contribution in [-0.4, -0.2) is 87.4 Å². The summed E-state index contributed by atoms with van der Waals surface area (Å²) in [6.07, 6.45) is 114. The molecule has 0 saturated heterocycles. The predicted molar refractivity (Wildman–Crippen MR) is 438 cm³/mol. The zero-order valence-electron chi connectivity index (χ0n) is 66.8. The molecular formula is C92H162NO8+. The normalized spacial score (nSPS) is 13.2. The number of likely N-dealkylation sites (N-methyl/N-ethyl adjacent to an activating group) is 1. The van der Waals surface area contributed by atoms with E-state index in [1.165, 1.54) is 257 Å². The number of ether oxygens (including phenoxy) is 4. The molecule has 0 aromatic rings. The fourth-order valence-corrected chi connectivity index (χ4v) is 12.3. The molecule has 0 aliphatic heterocycles. The molecule has 1 N–H and O–H groups in total. The summed E-state index contributed by atoms with van der Waals surface area (Å²) in [5, 5.41) is 9.79. The van der Waals surface area contributed by atoms with Crippen LogP contribution in [0.15, 0.2) is 122 Å². The summed E-state index contributed by atoms with van der Waals surface area (Å²) in [4.78, 5) is 37.8. The fraction of sp³-hybridized carbons (Fsp3) is 0.750. The molecule has 0 amide bonds. The first-order valence-corrected chi connectivity index (χ1v) is 42.7. The number of nitrogens with zero attached hydrogens (tertiary/aromatic N) is 1. The number of hydrogen-bond acceptors (Lipinski definition) is 7. The first-order valence-electron chi connectivity index (χ1n) is 42.7. The molecule has 2 atom stereocenters. The van der Waals surface area contributed by atoms with Crippen molar-refractivity contribution >= 4 is 17.9 Å². The monoisotopic (exact) mass is 1410 g/mol. The van der Waals surface area contributed by atoms with Gasteiger partial charge in [-0.1, -0.05) is 392 Å². The van der Waals surface area contributed by atoms with Gasteiger partial charge in [-0.25, -0.2) is 4.79 Å². The minimum atomic E-state index is -1.51. The van der Waals surface area contributed by atoms with E-state index >= 15 is 0 Å². The molecule has 0 heterocycles. The lowest BCUT2D eigenvalue weighted by Gasteiger charge is -2.25.